The van der Waals surface area contributed by atoms with E-state index in [0.717, 1.165) is 31.1 Å². The molecule has 0 bridgehead atoms. The Bertz CT molecular complexity index is 519. The van der Waals surface area contributed by atoms with Crippen LogP contribution in [0.1, 0.15) is 29.9 Å². The Morgan fingerprint density at radius 1 is 1.33 bits per heavy atom. The van der Waals surface area contributed by atoms with Gasteiger partial charge in [-0.05, 0) is 36.2 Å². The van der Waals surface area contributed by atoms with E-state index in [1.807, 2.05) is 12.1 Å². The highest BCUT2D eigenvalue weighted by Gasteiger charge is 2.12. The van der Waals surface area contributed by atoms with Gasteiger partial charge in [0.1, 0.15) is 11.5 Å². The molecule has 3 heteroatoms. The van der Waals surface area contributed by atoms with Crippen LogP contribution in [-0.4, -0.2) is 6.61 Å². The summed E-state index contributed by atoms with van der Waals surface area (Å²) in [5, 5.41) is 3.46. The smallest absolute Gasteiger partial charge is 0.122 e. The van der Waals surface area contributed by atoms with E-state index < -0.39 is 0 Å². The molecule has 0 amide bonds. The number of benzene rings is 1. The van der Waals surface area contributed by atoms with Crippen molar-refractivity contribution < 1.29 is 9.15 Å². The Kier molecular flexibility index (Phi) is 3.07. The standard InChI is InChI=1S/C15H17NO2/c1-11(14-3-2-7-17-14)16-10-12-4-5-15-13(9-12)6-8-18-15/h2-5,7,9,11,16H,6,8,10H2,1H3/t11-/m1/s1. The zero-order chi connectivity index (χ0) is 12.4. The molecule has 1 N–H and O–H groups in total. The van der Waals surface area contributed by atoms with E-state index >= 15 is 0 Å². The lowest BCUT2D eigenvalue weighted by Gasteiger charge is -2.11. The third-order valence-corrected chi connectivity index (χ3v) is 3.34. The Morgan fingerprint density at radius 2 is 2.28 bits per heavy atom. The molecule has 1 aromatic heterocycles. The highest BCUT2D eigenvalue weighted by molar-refractivity contribution is 5.39. The summed E-state index contributed by atoms with van der Waals surface area (Å²) in [4.78, 5) is 0. The molecule has 0 saturated heterocycles. The molecule has 0 spiro atoms. The van der Waals surface area contributed by atoms with Crippen molar-refractivity contribution in [2.45, 2.75) is 25.9 Å². The van der Waals surface area contributed by atoms with Gasteiger partial charge in [0.15, 0.2) is 0 Å². The van der Waals surface area contributed by atoms with Crippen LogP contribution in [-0.2, 0) is 13.0 Å². The van der Waals surface area contributed by atoms with Crippen LogP contribution in [0.5, 0.6) is 5.75 Å². The maximum Gasteiger partial charge on any atom is 0.122 e. The van der Waals surface area contributed by atoms with Gasteiger partial charge in [0.05, 0.1) is 18.9 Å². The van der Waals surface area contributed by atoms with E-state index in [1.165, 1.54) is 11.1 Å². The van der Waals surface area contributed by atoms with Crippen molar-refractivity contribution in [1.29, 1.82) is 0 Å². The van der Waals surface area contributed by atoms with Crippen molar-refractivity contribution in [3.8, 4) is 5.75 Å². The number of hydrogen-bond acceptors (Lipinski definition) is 3. The fourth-order valence-electron chi connectivity index (χ4n) is 2.26. The molecule has 18 heavy (non-hydrogen) atoms. The third kappa shape index (κ3) is 2.27. The minimum absolute atomic E-state index is 0.226. The number of furan rings is 1. The lowest BCUT2D eigenvalue weighted by molar-refractivity contribution is 0.357. The summed E-state index contributed by atoms with van der Waals surface area (Å²) in [7, 11) is 0. The molecule has 1 aliphatic heterocycles. The zero-order valence-corrected chi connectivity index (χ0v) is 10.5. The molecule has 1 aliphatic rings. The number of rotatable bonds is 4. The summed E-state index contributed by atoms with van der Waals surface area (Å²) < 4.78 is 10.9. The normalized spacial score (nSPS) is 15.2. The monoisotopic (exact) mass is 243 g/mol. The second-order valence-electron chi connectivity index (χ2n) is 4.66. The first-order valence-corrected chi connectivity index (χ1v) is 6.34. The maximum absolute atomic E-state index is 5.50. The Morgan fingerprint density at radius 3 is 3.11 bits per heavy atom. The number of hydrogen-bond donors (Lipinski definition) is 1. The number of nitrogens with one attached hydrogen (secondary N) is 1. The fraction of sp³-hybridized carbons (Fsp3) is 0.333. The van der Waals surface area contributed by atoms with E-state index in [0.29, 0.717) is 0 Å². The third-order valence-electron chi connectivity index (χ3n) is 3.34. The summed E-state index contributed by atoms with van der Waals surface area (Å²) in [5.74, 6) is 2.01. The van der Waals surface area contributed by atoms with Gasteiger partial charge in [-0.1, -0.05) is 12.1 Å². The van der Waals surface area contributed by atoms with Crippen molar-refractivity contribution in [3.63, 3.8) is 0 Å². The highest BCUT2D eigenvalue weighted by Crippen LogP contribution is 2.26. The first-order chi connectivity index (χ1) is 8.83. The van der Waals surface area contributed by atoms with Gasteiger partial charge in [-0.15, -0.1) is 0 Å². The highest BCUT2D eigenvalue weighted by atomic mass is 16.5. The van der Waals surface area contributed by atoms with Gasteiger partial charge in [-0.25, -0.2) is 0 Å². The molecule has 3 nitrogen and oxygen atoms in total. The molecular weight excluding hydrogens is 226 g/mol. The molecule has 2 aromatic rings. The Hall–Kier alpha value is -1.74. The average molecular weight is 243 g/mol. The largest absolute Gasteiger partial charge is 0.493 e. The molecule has 0 unspecified atom stereocenters. The van der Waals surface area contributed by atoms with E-state index in [-0.39, 0.29) is 6.04 Å². The number of fused-ring (bicyclic) bond motifs is 1. The van der Waals surface area contributed by atoms with Crippen LogP contribution in [0.15, 0.2) is 41.0 Å². The Balaban J connectivity index is 1.63. The lowest BCUT2D eigenvalue weighted by atomic mass is 10.1. The molecule has 0 saturated carbocycles. The quantitative estimate of drug-likeness (QED) is 0.896. The Labute approximate surface area is 107 Å². The summed E-state index contributed by atoms with van der Waals surface area (Å²) in [6, 6.07) is 10.5. The van der Waals surface area contributed by atoms with E-state index in [1.54, 1.807) is 6.26 Å². The van der Waals surface area contributed by atoms with Crippen molar-refractivity contribution in [1.82, 2.24) is 5.32 Å². The first-order valence-electron chi connectivity index (χ1n) is 6.34. The van der Waals surface area contributed by atoms with Crippen LogP contribution in [0.2, 0.25) is 0 Å². The average Bonchev–Trinajstić information content (AvgIpc) is 3.05. The second kappa shape index (κ2) is 4.86. The minimum atomic E-state index is 0.226. The van der Waals surface area contributed by atoms with Crippen molar-refractivity contribution in [2.75, 3.05) is 6.61 Å². The zero-order valence-electron chi connectivity index (χ0n) is 10.5. The van der Waals surface area contributed by atoms with Gasteiger partial charge >= 0.3 is 0 Å². The predicted molar refractivity (Wildman–Crippen MR) is 69.6 cm³/mol. The summed E-state index contributed by atoms with van der Waals surface area (Å²) in [6.45, 7) is 3.76. The maximum atomic E-state index is 5.50. The molecule has 0 fully saturated rings. The van der Waals surface area contributed by atoms with Crippen LogP contribution >= 0.6 is 0 Å². The first kappa shape index (κ1) is 11.4. The molecular formula is C15H17NO2. The number of ether oxygens (including phenoxy) is 1. The fourth-order valence-corrected chi connectivity index (χ4v) is 2.26. The van der Waals surface area contributed by atoms with Gasteiger partial charge < -0.3 is 14.5 Å². The topological polar surface area (TPSA) is 34.4 Å². The molecule has 0 radical (unpaired) electrons. The van der Waals surface area contributed by atoms with E-state index in [4.69, 9.17) is 9.15 Å². The summed E-state index contributed by atoms with van der Waals surface area (Å²) >= 11 is 0. The van der Waals surface area contributed by atoms with Crippen LogP contribution in [0, 0.1) is 0 Å². The summed E-state index contributed by atoms with van der Waals surface area (Å²) in [6.07, 6.45) is 2.73. The molecule has 0 aliphatic carbocycles. The van der Waals surface area contributed by atoms with Crippen LogP contribution in [0.25, 0.3) is 0 Å². The summed E-state index contributed by atoms with van der Waals surface area (Å²) in [5.41, 5.74) is 2.61. The van der Waals surface area contributed by atoms with Crippen molar-refractivity contribution in [3.05, 3.63) is 53.5 Å². The van der Waals surface area contributed by atoms with E-state index in [9.17, 15) is 0 Å². The van der Waals surface area contributed by atoms with Gasteiger partial charge in [-0.3, -0.25) is 0 Å². The van der Waals surface area contributed by atoms with Crippen molar-refractivity contribution >= 4 is 0 Å². The van der Waals surface area contributed by atoms with Crippen molar-refractivity contribution in [2.24, 2.45) is 0 Å². The van der Waals surface area contributed by atoms with Gasteiger partial charge in [0, 0.05) is 13.0 Å². The molecule has 1 aromatic carbocycles. The SMILES string of the molecule is C[C@@H](NCc1ccc2c(c1)CCO2)c1ccco1. The molecule has 3 rings (SSSR count). The molecule has 2 heterocycles. The van der Waals surface area contributed by atoms with Gasteiger partial charge in [-0.2, -0.15) is 0 Å². The van der Waals surface area contributed by atoms with Gasteiger partial charge in [0.25, 0.3) is 0 Å². The van der Waals surface area contributed by atoms with Crippen LogP contribution in [0.3, 0.4) is 0 Å². The predicted octanol–water partition coefficient (Wildman–Crippen LogP) is 3.07. The molecule has 94 valence electrons. The molecule has 1 atom stereocenters. The lowest BCUT2D eigenvalue weighted by Crippen LogP contribution is -2.17. The van der Waals surface area contributed by atoms with E-state index in [2.05, 4.69) is 30.4 Å². The van der Waals surface area contributed by atoms with Gasteiger partial charge in [0.2, 0.25) is 0 Å². The van der Waals surface area contributed by atoms with Crippen LogP contribution < -0.4 is 10.1 Å². The minimum Gasteiger partial charge on any atom is -0.493 e. The van der Waals surface area contributed by atoms with Crippen LogP contribution in [0.4, 0.5) is 0 Å². The second-order valence-corrected chi connectivity index (χ2v) is 4.66.